The van der Waals surface area contributed by atoms with Crippen molar-refractivity contribution in [1.29, 1.82) is 0 Å². The highest BCUT2D eigenvalue weighted by molar-refractivity contribution is 5.89. The molecule has 0 aliphatic heterocycles. The second-order valence-electron chi connectivity index (χ2n) is 10.5. The fourth-order valence-corrected chi connectivity index (χ4v) is 4.88. The molecule has 0 saturated heterocycles. The van der Waals surface area contributed by atoms with Crippen molar-refractivity contribution in [1.82, 2.24) is 0 Å². The Morgan fingerprint density at radius 3 is 1.49 bits per heavy atom. The van der Waals surface area contributed by atoms with Crippen LogP contribution in [0.25, 0.3) is 21.9 Å². The third-order valence-electron chi connectivity index (χ3n) is 7.36. The van der Waals surface area contributed by atoms with E-state index in [2.05, 4.69) is 0 Å². The average Bonchev–Trinajstić information content (AvgIpc) is 3.76. The lowest BCUT2D eigenvalue weighted by molar-refractivity contribution is 0.0526. The van der Waals surface area contributed by atoms with E-state index in [9.17, 15) is 4.79 Å². The first kappa shape index (κ1) is 34.5. The Bertz CT molecular complexity index is 1970. The number of rotatable bonds is 13. The maximum Gasteiger partial charge on any atom is 0.338 e. The molecule has 0 bridgehead atoms. The summed E-state index contributed by atoms with van der Waals surface area (Å²) < 4.78 is 49.2. The molecule has 0 spiro atoms. The van der Waals surface area contributed by atoms with Crippen molar-refractivity contribution in [3.8, 4) is 34.5 Å². The fraction of sp³-hybridized carbons (Fsp3) is 0.237. The summed E-state index contributed by atoms with van der Waals surface area (Å²) in [7, 11) is 6.39. The van der Waals surface area contributed by atoms with E-state index in [0.29, 0.717) is 76.0 Å². The molecule has 4 aromatic carbocycles. The number of methoxy groups -OCH3 is 4. The molecule has 0 aliphatic carbocycles. The van der Waals surface area contributed by atoms with Crippen LogP contribution in [0.1, 0.15) is 34.4 Å². The molecule has 0 radical (unpaired) electrons. The zero-order valence-electron chi connectivity index (χ0n) is 27.9. The number of esters is 1. The first-order valence-corrected chi connectivity index (χ1v) is 15.4. The summed E-state index contributed by atoms with van der Waals surface area (Å²) in [5.41, 5.74) is 2.64. The van der Waals surface area contributed by atoms with Crippen LogP contribution < -0.4 is 28.4 Å². The monoisotopic (exact) mass is 670 g/mol. The lowest BCUT2D eigenvalue weighted by Crippen LogP contribution is -2.04. The Morgan fingerprint density at radius 2 is 1.08 bits per heavy atom. The Balaban J connectivity index is 0.000000192. The number of furan rings is 2. The van der Waals surface area contributed by atoms with Gasteiger partial charge in [-0.2, -0.15) is 0 Å². The van der Waals surface area contributed by atoms with Gasteiger partial charge in [-0.25, -0.2) is 4.79 Å². The van der Waals surface area contributed by atoms with Gasteiger partial charge in [0.05, 0.1) is 47.2 Å². The Morgan fingerprint density at radius 1 is 0.612 bits per heavy atom. The SMILES string of the molecule is CCOC(=O)c1ccc(OCc2cc3cc(OC)cc(OC)c3o2)cc1.COc1cc(OC)c2oc(COc3ccc(CO)cc3)cc2c1. The van der Waals surface area contributed by atoms with Gasteiger partial charge in [-0.3, -0.25) is 0 Å². The van der Waals surface area contributed by atoms with Crippen LogP contribution in [0.4, 0.5) is 0 Å². The van der Waals surface area contributed by atoms with Crippen molar-refractivity contribution in [3.05, 3.63) is 108 Å². The van der Waals surface area contributed by atoms with Gasteiger partial charge in [0.1, 0.15) is 47.7 Å². The number of benzene rings is 4. The second-order valence-corrected chi connectivity index (χ2v) is 10.5. The summed E-state index contributed by atoms with van der Waals surface area (Å²) in [6.45, 7) is 2.69. The minimum absolute atomic E-state index is 0.0193. The Labute approximate surface area is 283 Å². The van der Waals surface area contributed by atoms with Crippen LogP contribution in [-0.4, -0.2) is 46.1 Å². The minimum Gasteiger partial charge on any atom is -0.497 e. The van der Waals surface area contributed by atoms with Crippen LogP contribution in [0.2, 0.25) is 0 Å². The van der Waals surface area contributed by atoms with E-state index in [1.165, 1.54) is 0 Å². The third-order valence-corrected chi connectivity index (χ3v) is 7.36. The quantitative estimate of drug-likeness (QED) is 0.121. The van der Waals surface area contributed by atoms with E-state index in [1.807, 2.05) is 48.5 Å². The predicted octanol–water partition coefficient (Wildman–Crippen LogP) is 7.73. The summed E-state index contributed by atoms with van der Waals surface area (Å²) in [6.07, 6.45) is 0. The van der Waals surface area contributed by atoms with E-state index >= 15 is 0 Å². The van der Waals surface area contributed by atoms with Crippen LogP contribution in [-0.2, 0) is 24.6 Å². The molecule has 49 heavy (non-hydrogen) atoms. The van der Waals surface area contributed by atoms with Gasteiger partial charge in [-0.15, -0.1) is 0 Å². The van der Waals surface area contributed by atoms with Crippen LogP contribution in [0, 0.1) is 0 Å². The van der Waals surface area contributed by atoms with Gasteiger partial charge in [0, 0.05) is 22.9 Å². The average molecular weight is 671 g/mol. The van der Waals surface area contributed by atoms with Crippen molar-refractivity contribution < 1.29 is 51.9 Å². The highest BCUT2D eigenvalue weighted by Crippen LogP contribution is 2.35. The smallest absolute Gasteiger partial charge is 0.338 e. The zero-order valence-corrected chi connectivity index (χ0v) is 27.9. The molecule has 0 atom stereocenters. The lowest BCUT2D eigenvalue weighted by atomic mass is 10.2. The summed E-state index contributed by atoms with van der Waals surface area (Å²) in [5.74, 6) is 4.97. The number of aliphatic hydroxyl groups is 1. The van der Waals surface area contributed by atoms with Gasteiger partial charge in [0.25, 0.3) is 0 Å². The molecular formula is C38H38O11. The van der Waals surface area contributed by atoms with Crippen LogP contribution in [0.5, 0.6) is 34.5 Å². The number of hydrogen-bond donors (Lipinski definition) is 1. The van der Waals surface area contributed by atoms with E-state index in [4.69, 9.17) is 47.1 Å². The molecule has 11 heteroatoms. The maximum absolute atomic E-state index is 11.6. The van der Waals surface area contributed by atoms with Crippen molar-refractivity contribution >= 4 is 27.9 Å². The fourth-order valence-electron chi connectivity index (χ4n) is 4.88. The van der Waals surface area contributed by atoms with E-state index < -0.39 is 0 Å². The summed E-state index contributed by atoms with van der Waals surface area (Å²) in [5, 5.41) is 10.8. The minimum atomic E-state index is -0.350. The third kappa shape index (κ3) is 8.57. The first-order valence-electron chi connectivity index (χ1n) is 15.4. The number of fused-ring (bicyclic) bond motifs is 2. The number of ether oxygens (including phenoxy) is 7. The highest BCUT2D eigenvalue weighted by atomic mass is 16.5. The van der Waals surface area contributed by atoms with Crippen molar-refractivity contribution in [2.45, 2.75) is 26.7 Å². The topological polar surface area (TPSA) is 128 Å². The number of hydrogen-bond acceptors (Lipinski definition) is 11. The van der Waals surface area contributed by atoms with E-state index in [0.717, 1.165) is 16.3 Å². The molecule has 0 unspecified atom stereocenters. The van der Waals surface area contributed by atoms with Gasteiger partial charge in [0.15, 0.2) is 22.7 Å². The van der Waals surface area contributed by atoms with E-state index in [-0.39, 0.29) is 19.2 Å². The normalized spacial score (nSPS) is 10.7. The second kappa shape index (κ2) is 16.3. The van der Waals surface area contributed by atoms with Crippen molar-refractivity contribution in [2.75, 3.05) is 35.0 Å². The largest absolute Gasteiger partial charge is 0.497 e. The Kier molecular flexibility index (Phi) is 11.5. The van der Waals surface area contributed by atoms with Crippen LogP contribution in [0.3, 0.4) is 0 Å². The molecule has 6 aromatic rings. The van der Waals surface area contributed by atoms with E-state index in [1.54, 1.807) is 71.8 Å². The number of carbonyl (C=O) groups excluding carboxylic acids is 1. The number of aliphatic hydroxyl groups excluding tert-OH is 1. The molecule has 11 nitrogen and oxygen atoms in total. The molecule has 0 amide bonds. The molecule has 0 fully saturated rings. The van der Waals surface area contributed by atoms with Gasteiger partial charge < -0.3 is 47.1 Å². The van der Waals surface area contributed by atoms with Crippen molar-refractivity contribution in [2.24, 2.45) is 0 Å². The Hall–Kier alpha value is -5.81. The highest BCUT2D eigenvalue weighted by Gasteiger charge is 2.14. The molecular weight excluding hydrogens is 632 g/mol. The first-order chi connectivity index (χ1) is 23.9. The number of carbonyl (C=O) groups is 1. The summed E-state index contributed by atoms with van der Waals surface area (Å²) in [4.78, 5) is 11.6. The molecule has 1 N–H and O–H groups in total. The van der Waals surface area contributed by atoms with Gasteiger partial charge in [-0.1, -0.05) is 12.1 Å². The standard InChI is InChI=1S/C20H20O6.C18H18O5/c1-4-24-20(21)13-5-7-15(8-6-13)25-12-17-10-14-9-16(22-2)11-18(23-3)19(14)26-17;1-20-15-7-13-8-16(23-18(13)17(9-15)21-2)11-22-14-5-3-12(10-19)4-6-14/h5-11H,4,12H2,1-3H3;3-9,19H,10-11H2,1-2H3. The summed E-state index contributed by atoms with van der Waals surface area (Å²) >= 11 is 0. The lowest BCUT2D eigenvalue weighted by Gasteiger charge is -2.06. The molecule has 256 valence electrons. The zero-order chi connectivity index (χ0) is 34.8. The molecule has 2 aromatic heterocycles. The summed E-state index contributed by atoms with van der Waals surface area (Å²) in [6, 6.07) is 25.2. The van der Waals surface area contributed by atoms with Crippen LogP contribution >= 0.6 is 0 Å². The predicted molar refractivity (Wildman–Crippen MR) is 182 cm³/mol. The van der Waals surface area contributed by atoms with Gasteiger partial charge >= 0.3 is 5.97 Å². The maximum atomic E-state index is 11.6. The molecule has 6 rings (SSSR count). The van der Waals surface area contributed by atoms with Crippen LogP contribution in [0.15, 0.2) is 93.8 Å². The molecule has 0 saturated carbocycles. The van der Waals surface area contributed by atoms with Gasteiger partial charge in [0.2, 0.25) is 0 Å². The molecule has 2 heterocycles. The molecule has 0 aliphatic rings. The van der Waals surface area contributed by atoms with Gasteiger partial charge in [-0.05, 0) is 73.2 Å². The van der Waals surface area contributed by atoms with Crippen molar-refractivity contribution in [3.63, 3.8) is 0 Å².